The van der Waals surface area contributed by atoms with Gasteiger partial charge in [0, 0.05) is 30.7 Å². The molecule has 188 valence electrons. The van der Waals surface area contributed by atoms with Crippen LogP contribution in [0.1, 0.15) is 15.9 Å². The molecular formula is C31H27N5O2. The van der Waals surface area contributed by atoms with Gasteiger partial charge >= 0.3 is 0 Å². The normalized spacial score (nSPS) is 11.0. The molecule has 1 heterocycles. The number of carbonyl (C=O) groups excluding carboxylic acids is 1. The highest BCUT2D eigenvalue weighted by molar-refractivity contribution is 6.05. The van der Waals surface area contributed by atoms with E-state index in [4.69, 9.17) is 4.74 Å². The Labute approximate surface area is 221 Å². The summed E-state index contributed by atoms with van der Waals surface area (Å²) in [6.07, 6.45) is 3.23. The molecule has 4 aromatic carbocycles. The maximum absolute atomic E-state index is 13.1. The Morgan fingerprint density at radius 3 is 2.42 bits per heavy atom. The molecule has 7 nitrogen and oxygen atoms in total. The molecule has 0 fully saturated rings. The third kappa shape index (κ3) is 5.68. The number of para-hydroxylation sites is 1. The molecule has 0 radical (unpaired) electrons. The van der Waals surface area contributed by atoms with Crippen molar-refractivity contribution in [3.8, 4) is 22.6 Å². The minimum absolute atomic E-state index is 0.191. The predicted molar refractivity (Wildman–Crippen MR) is 152 cm³/mol. The maximum Gasteiger partial charge on any atom is 0.255 e. The second-order valence-electron chi connectivity index (χ2n) is 9.06. The summed E-state index contributed by atoms with van der Waals surface area (Å²) >= 11 is 0. The average Bonchev–Trinajstić information content (AvgIpc) is 2.93. The third-order valence-corrected chi connectivity index (χ3v) is 5.93. The molecule has 0 aliphatic carbocycles. The lowest BCUT2D eigenvalue weighted by atomic mass is 9.96. The molecule has 0 aliphatic heterocycles. The fourth-order valence-electron chi connectivity index (χ4n) is 3.99. The van der Waals surface area contributed by atoms with E-state index < -0.39 is 0 Å². The number of aromatic nitrogens is 2. The minimum atomic E-state index is -0.191. The van der Waals surface area contributed by atoms with Crippen LogP contribution >= 0.6 is 0 Å². The maximum atomic E-state index is 13.1. The predicted octanol–water partition coefficient (Wildman–Crippen LogP) is 6.87. The fraction of sp³-hybridized carbons (Fsp3) is 0.0968. The number of fused-ring (bicyclic) bond motifs is 1. The Balaban J connectivity index is 1.38. The van der Waals surface area contributed by atoms with Crippen LogP contribution in [0.15, 0.2) is 102 Å². The van der Waals surface area contributed by atoms with E-state index in [0.717, 1.165) is 33.3 Å². The number of rotatable bonds is 7. The Kier molecular flexibility index (Phi) is 7.08. The number of benzene rings is 4. The highest BCUT2D eigenvalue weighted by Gasteiger charge is 2.12. The lowest BCUT2D eigenvalue weighted by molar-refractivity contribution is 0.102. The summed E-state index contributed by atoms with van der Waals surface area (Å²) in [6.45, 7) is 2.03. The highest BCUT2D eigenvalue weighted by Crippen LogP contribution is 2.31. The summed E-state index contributed by atoms with van der Waals surface area (Å²) in [4.78, 5) is 28.2. The number of ether oxygens (including phenoxy) is 1. The number of aryl methyl sites for hydroxylation is 1. The van der Waals surface area contributed by atoms with Crippen molar-refractivity contribution >= 4 is 34.7 Å². The van der Waals surface area contributed by atoms with Crippen molar-refractivity contribution in [3.63, 3.8) is 0 Å². The molecule has 5 aromatic rings. The molecule has 0 bridgehead atoms. The third-order valence-electron chi connectivity index (χ3n) is 5.93. The standard InChI is InChI=1S/C31H27N5O2/c1-21-9-10-23(31(37)35-24-12-14-26(15-13-24)38-25-7-5-4-6-8-25)18-27(21)22-11-16-29-28(17-22)30(33-19-32-29)34-20-36(2)3/h4-20H,1-3H3,(H,35,37)/b34-20+. The minimum Gasteiger partial charge on any atom is -0.457 e. The number of nitrogens with zero attached hydrogens (tertiary/aromatic N) is 4. The van der Waals surface area contributed by atoms with Crippen LogP contribution < -0.4 is 10.1 Å². The van der Waals surface area contributed by atoms with E-state index in [9.17, 15) is 4.79 Å². The van der Waals surface area contributed by atoms with E-state index in [1.165, 1.54) is 6.33 Å². The van der Waals surface area contributed by atoms with Crippen molar-refractivity contribution in [1.82, 2.24) is 14.9 Å². The quantitative estimate of drug-likeness (QED) is 0.194. The van der Waals surface area contributed by atoms with E-state index in [-0.39, 0.29) is 5.91 Å². The lowest BCUT2D eigenvalue weighted by Crippen LogP contribution is -2.12. The summed E-state index contributed by atoms with van der Waals surface area (Å²) < 4.78 is 5.83. The second kappa shape index (κ2) is 10.9. The molecular weight excluding hydrogens is 474 g/mol. The molecule has 5 rings (SSSR count). The van der Waals surface area contributed by atoms with Crippen molar-refractivity contribution < 1.29 is 9.53 Å². The van der Waals surface area contributed by atoms with Crippen LogP contribution in [0, 0.1) is 6.92 Å². The molecule has 0 spiro atoms. The van der Waals surface area contributed by atoms with Gasteiger partial charge in [-0.05, 0) is 84.3 Å². The topological polar surface area (TPSA) is 79.7 Å². The van der Waals surface area contributed by atoms with Crippen LogP contribution in [-0.4, -0.2) is 41.2 Å². The van der Waals surface area contributed by atoms with Gasteiger partial charge in [0.1, 0.15) is 17.8 Å². The van der Waals surface area contributed by atoms with E-state index in [1.54, 1.807) is 6.34 Å². The van der Waals surface area contributed by atoms with Crippen molar-refractivity contribution in [1.29, 1.82) is 0 Å². The van der Waals surface area contributed by atoms with Gasteiger partial charge in [0.05, 0.1) is 11.9 Å². The lowest BCUT2D eigenvalue weighted by Gasteiger charge is -2.12. The number of carbonyl (C=O) groups is 1. The first kappa shape index (κ1) is 24.6. The highest BCUT2D eigenvalue weighted by atomic mass is 16.5. The summed E-state index contributed by atoms with van der Waals surface area (Å²) in [7, 11) is 3.82. The zero-order valence-corrected chi connectivity index (χ0v) is 21.4. The molecule has 0 aliphatic rings. The van der Waals surface area contributed by atoms with E-state index in [2.05, 4.69) is 20.3 Å². The zero-order chi connectivity index (χ0) is 26.5. The summed E-state index contributed by atoms with van der Waals surface area (Å²) in [5.41, 5.74) is 5.02. The number of aliphatic imine (C=N–C) groups is 1. The summed E-state index contributed by atoms with van der Waals surface area (Å²) in [5.74, 6) is 1.86. The van der Waals surface area contributed by atoms with Crippen LogP contribution in [0.25, 0.3) is 22.0 Å². The molecule has 0 unspecified atom stereocenters. The van der Waals surface area contributed by atoms with Crippen LogP contribution in [-0.2, 0) is 0 Å². The molecule has 0 saturated heterocycles. The van der Waals surface area contributed by atoms with Gasteiger partial charge in [-0.2, -0.15) is 0 Å². The summed E-state index contributed by atoms with van der Waals surface area (Å²) in [6, 6.07) is 28.5. The van der Waals surface area contributed by atoms with Crippen molar-refractivity contribution in [2.24, 2.45) is 4.99 Å². The smallest absolute Gasteiger partial charge is 0.255 e. The van der Waals surface area contributed by atoms with Gasteiger partial charge in [0.2, 0.25) is 0 Å². The first-order chi connectivity index (χ1) is 18.5. The molecule has 0 atom stereocenters. The van der Waals surface area contributed by atoms with Crippen LogP contribution in [0.4, 0.5) is 11.5 Å². The number of nitrogens with one attached hydrogen (secondary N) is 1. The van der Waals surface area contributed by atoms with Gasteiger partial charge < -0.3 is 15.0 Å². The first-order valence-electron chi connectivity index (χ1n) is 12.2. The van der Waals surface area contributed by atoms with Crippen LogP contribution in [0.5, 0.6) is 11.5 Å². The second-order valence-corrected chi connectivity index (χ2v) is 9.06. The van der Waals surface area contributed by atoms with Crippen LogP contribution in [0.2, 0.25) is 0 Å². The molecule has 7 heteroatoms. The van der Waals surface area contributed by atoms with Gasteiger partial charge in [0.25, 0.3) is 5.91 Å². The Hall–Kier alpha value is -5.04. The van der Waals surface area contributed by atoms with Crippen molar-refractivity contribution in [2.75, 3.05) is 19.4 Å². The van der Waals surface area contributed by atoms with E-state index in [1.807, 2.05) is 117 Å². The van der Waals surface area contributed by atoms with Gasteiger partial charge in [-0.25, -0.2) is 15.0 Å². The zero-order valence-electron chi connectivity index (χ0n) is 21.4. The van der Waals surface area contributed by atoms with Gasteiger partial charge in [-0.3, -0.25) is 4.79 Å². The Morgan fingerprint density at radius 1 is 0.895 bits per heavy atom. The average molecular weight is 502 g/mol. The number of amides is 1. The number of hydrogen-bond acceptors (Lipinski definition) is 5. The largest absolute Gasteiger partial charge is 0.457 e. The van der Waals surface area contributed by atoms with Crippen molar-refractivity contribution in [3.05, 3.63) is 108 Å². The molecule has 1 N–H and O–H groups in total. The van der Waals surface area contributed by atoms with E-state index >= 15 is 0 Å². The summed E-state index contributed by atoms with van der Waals surface area (Å²) in [5, 5.41) is 3.82. The Morgan fingerprint density at radius 2 is 1.66 bits per heavy atom. The number of hydrogen-bond donors (Lipinski definition) is 1. The van der Waals surface area contributed by atoms with Gasteiger partial charge in [-0.1, -0.05) is 30.3 Å². The molecule has 1 amide bonds. The molecule has 0 saturated carbocycles. The number of anilines is 1. The molecule has 1 aromatic heterocycles. The van der Waals surface area contributed by atoms with Gasteiger partial charge in [-0.15, -0.1) is 0 Å². The Bertz CT molecular complexity index is 1610. The first-order valence-corrected chi connectivity index (χ1v) is 12.2. The van der Waals surface area contributed by atoms with E-state index in [0.29, 0.717) is 22.8 Å². The van der Waals surface area contributed by atoms with Crippen molar-refractivity contribution in [2.45, 2.75) is 6.92 Å². The van der Waals surface area contributed by atoms with Gasteiger partial charge in [0.15, 0.2) is 5.82 Å². The monoisotopic (exact) mass is 501 g/mol. The van der Waals surface area contributed by atoms with Crippen LogP contribution in [0.3, 0.4) is 0 Å². The molecule has 38 heavy (non-hydrogen) atoms. The fourth-order valence-corrected chi connectivity index (χ4v) is 3.99. The SMILES string of the molecule is Cc1ccc(C(=O)Nc2ccc(Oc3ccccc3)cc2)cc1-c1ccc2ncnc(/N=C/N(C)C)c2c1.